The minimum Gasteiger partial charge on any atom is -0.464 e. The van der Waals surface area contributed by atoms with Crippen LogP contribution in [0.2, 0.25) is 0 Å². The molecule has 3 N–H and O–H groups in total. The molecule has 42 heavy (non-hydrogen) atoms. The number of fused-ring (bicyclic) bond motifs is 1. The maximum atomic E-state index is 14.0. The Morgan fingerprint density at radius 3 is 2.45 bits per heavy atom. The molecule has 1 amide bonds. The lowest BCUT2D eigenvalue weighted by Gasteiger charge is -2.26. The fourth-order valence-electron chi connectivity index (χ4n) is 4.85. The third-order valence-electron chi connectivity index (χ3n) is 7.22. The lowest BCUT2D eigenvalue weighted by Crippen LogP contribution is -2.46. The quantitative estimate of drug-likeness (QED) is 0.185. The van der Waals surface area contributed by atoms with E-state index in [0.717, 1.165) is 12.8 Å². The summed E-state index contributed by atoms with van der Waals surface area (Å²) in [4.78, 5) is 24.5. The molecule has 1 aromatic heterocycles. The second kappa shape index (κ2) is 13.6. The zero-order valence-corrected chi connectivity index (χ0v) is 25.5. The molecule has 13 heteroatoms. The summed E-state index contributed by atoms with van der Waals surface area (Å²) in [5.74, 6) is -1.55. The normalized spacial score (nSPS) is 25.0. The zero-order chi connectivity index (χ0) is 30.5. The average molecular weight is 607 g/mol. The number of carbonyl (C=O) groups is 2. The summed E-state index contributed by atoms with van der Waals surface area (Å²) in [6.45, 7) is 9.22. The third kappa shape index (κ3) is 7.94. The number of nitrogens with zero attached hydrogens (tertiary/aromatic N) is 1. The van der Waals surface area contributed by atoms with E-state index in [0.29, 0.717) is 5.56 Å². The lowest BCUT2D eigenvalue weighted by molar-refractivity contribution is -0.766. The molecule has 2 fully saturated rings. The summed E-state index contributed by atoms with van der Waals surface area (Å²) in [6.07, 6.45) is 2.47. The molecule has 3 unspecified atom stereocenters. The molecule has 12 nitrogen and oxygen atoms in total. The number of nitrogens with two attached hydrogens (primary N) is 1. The van der Waals surface area contributed by atoms with Gasteiger partial charge in [-0.15, -0.1) is 0 Å². The molecule has 2 aromatic rings. The molecule has 3 heterocycles. The molecule has 0 spiro atoms. The van der Waals surface area contributed by atoms with E-state index in [1.54, 1.807) is 73.3 Å². The van der Waals surface area contributed by atoms with Gasteiger partial charge in [0.1, 0.15) is 29.6 Å². The standard InChI is InChI=1S/C29H40N3O9P/c1-6-20(7-2)17-36-28(34)19(3)31-42(35,41-22-13-9-8-10-14-22)37-18-23-24-25(40-29(4,5)39-24)27(38-23)32-15-11-12-21(16-32)26(30)33/h8-16,19-20,23-25,27H,6-7,17-18H2,1-5H3,(H2-,30,31,33,35)/p+1/t19?,23?,24-,25-,27-,42?/m1/s1. The van der Waals surface area contributed by atoms with E-state index >= 15 is 0 Å². The Morgan fingerprint density at radius 2 is 1.79 bits per heavy atom. The van der Waals surface area contributed by atoms with Gasteiger partial charge >= 0.3 is 13.7 Å². The van der Waals surface area contributed by atoms with E-state index in [9.17, 15) is 14.2 Å². The molecule has 0 saturated carbocycles. The number of pyridine rings is 1. The Bertz CT molecular complexity index is 1270. The highest BCUT2D eigenvalue weighted by atomic mass is 31.2. The first-order valence-electron chi connectivity index (χ1n) is 14.2. The van der Waals surface area contributed by atoms with E-state index in [2.05, 4.69) is 5.09 Å². The highest BCUT2D eigenvalue weighted by Crippen LogP contribution is 2.47. The Morgan fingerprint density at radius 1 is 1.10 bits per heavy atom. The highest BCUT2D eigenvalue weighted by Gasteiger charge is 2.59. The van der Waals surface area contributed by atoms with Crippen LogP contribution >= 0.6 is 7.75 Å². The fourth-order valence-corrected chi connectivity index (χ4v) is 6.35. The first-order valence-corrected chi connectivity index (χ1v) is 15.7. The van der Waals surface area contributed by atoms with Crippen LogP contribution in [0.5, 0.6) is 5.75 Å². The summed E-state index contributed by atoms with van der Waals surface area (Å²) in [7, 11) is -4.14. The Balaban J connectivity index is 1.51. The lowest BCUT2D eigenvalue weighted by atomic mass is 10.1. The Kier molecular flexibility index (Phi) is 10.4. The van der Waals surface area contributed by atoms with Gasteiger partial charge in [0.25, 0.3) is 12.1 Å². The average Bonchev–Trinajstić information content (AvgIpc) is 3.45. The van der Waals surface area contributed by atoms with Crippen LogP contribution < -0.4 is 19.9 Å². The van der Waals surface area contributed by atoms with Crippen LogP contribution in [-0.4, -0.2) is 55.2 Å². The summed E-state index contributed by atoms with van der Waals surface area (Å²) < 4.78 is 51.4. The monoisotopic (exact) mass is 606 g/mol. The van der Waals surface area contributed by atoms with Gasteiger partial charge in [-0.1, -0.05) is 44.9 Å². The van der Waals surface area contributed by atoms with Crippen molar-refractivity contribution < 1.29 is 46.7 Å². The smallest absolute Gasteiger partial charge is 0.459 e. The van der Waals surface area contributed by atoms with E-state index in [1.807, 2.05) is 13.8 Å². The summed E-state index contributed by atoms with van der Waals surface area (Å²) in [6, 6.07) is 10.8. The number of para-hydroxylation sites is 1. The number of aromatic nitrogens is 1. The van der Waals surface area contributed by atoms with Crippen LogP contribution in [0.3, 0.4) is 0 Å². The van der Waals surface area contributed by atoms with Gasteiger partial charge in [-0.3, -0.25) is 14.1 Å². The maximum Gasteiger partial charge on any atom is 0.459 e. The molecule has 1 aromatic carbocycles. The van der Waals surface area contributed by atoms with Crippen LogP contribution in [0.4, 0.5) is 0 Å². The van der Waals surface area contributed by atoms with Crippen molar-refractivity contribution >= 4 is 19.6 Å². The van der Waals surface area contributed by atoms with Crippen LogP contribution in [0.15, 0.2) is 54.9 Å². The van der Waals surface area contributed by atoms with Crippen molar-refractivity contribution in [2.75, 3.05) is 13.2 Å². The first kappa shape index (κ1) is 32.1. The molecule has 4 rings (SSSR count). The summed E-state index contributed by atoms with van der Waals surface area (Å²) >= 11 is 0. The largest absolute Gasteiger partial charge is 0.464 e. The number of carbonyl (C=O) groups excluding carboxylic acids is 2. The number of primary amides is 1. The topological polar surface area (TPSA) is 149 Å². The van der Waals surface area contributed by atoms with Gasteiger partial charge in [0.2, 0.25) is 0 Å². The third-order valence-corrected chi connectivity index (χ3v) is 8.87. The van der Waals surface area contributed by atoms with Crippen molar-refractivity contribution in [1.82, 2.24) is 5.09 Å². The number of amides is 1. The van der Waals surface area contributed by atoms with Crippen LogP contribution in [-0.2, 0) is 32.8 Å². The number of esters is 1. The molecular weight excluding hydrogens is 565 g/mol. The van der Waals surface area contributed by atoms with Crippen molar-refractivity contribution in [3.8, 4) is 5.75 Å². The summed E-state index contributed by atoms with van der Waals surface area (Å²) in [5.41, 5.74) is 5.77. The van der Waals surface area contributed by atoms with Crippen molar-refractivity contribution in [3.05, 3.63) is 60.4 Å². The van der Waals surface area contributed by atoms with Gasteiger partial charge < -0.3 is 29.2 Å². The van der Waals surface area contributed by atoms with Gasteiger partial charge in [-0.2, -0.15) is 9.65 Å². The molecule has 230 valence electrons. The SMILES string of the molecule is CCC(CC)COC(=O)C(C)NP(=O)(OCC1O[C@@H]([n+]2cccc(C(N)=O)c2)[C@@H]2OC(C)(C)O[C@H]12)Oc1ccccc1. The van der Waals surface area contributed by atoms with Crippen molar-refractivity contribution in [2.45, 2.75) is 83.8 Å². The zero-order valence-electron chi connectivity index (χ0n) is 24.6. The molecule has 0 bridgehead atoms. The van der Waals surface area contributed by atoms with Gasteiger partial charge in [0, 0.05) is 6.07 Å². The molecule has 2 aliphatic rings. The number of hydrogen-bond acceptors (Lipinski definition) is 9. The molecule has 2 aliphatic heterocycles. The van der Waals surface area contributed by atoms with E-state index in [4.69, 9.17) is 33.7 Å². The van der Waals surface area contributed by atoms with E-state index in [-0.39, 0.29) is 24.9 Å². The van der Waals surface area contributed by atoms with Gasteiger partial charge in [0.05, 0.1) is 13.2 Å². The second-order valence-electron chi connectivity index (χ2n) is 10.9. The number of nitrogens with one attached hydrogen (secondary N) is 1. The maximum absolute atomic E-state index is 14.0. The van der Waals surface area contributed by atoms with E-state index in [1.165, 1.54) is 6.92 Å². The fraction of sp³-hybridized carbons (Fsp3) is 0.552. The molecular formula is C29H41N3O9P+. The number of rotatable bonds is 14. The van der Waals surface area contributed by atoms with Crippen molar-refractivity contribution in [3.63, 3.8) is 0 Å². The van der Waals surface area contributed by atoms with Crippen LogP contribution in [0.25, 0.3) is 0 Å². The first-order chi connectivity index (χ1) is 19.9. The van der Waals surface area contributed by atoms with Gasteiger partial charge in [-0.25, -0.2) is 4.57 Å². The second-order valence-corrected chi connectivity index (χ2v) is 12.6. The number of hydrogen-bond donors (Lipinski definition) is 2. The minimum absolute atomic E-state index is 0.222. The molecule has 2 saturated heterocycles. The van der Waals surface area contributed by atoms with E-state index < -0.39 is 56.0 Å². The van der Waals surface area contributed by atoms with Gasteiger partial charge in [0.15, 0.2) is 24.3 Å². The summed E-state index contributed by atoms with van der Waals surface area (Å²) in [5, 5.41) is 2.72. The number of benzene rings is 1. The predicted molar refractivity (Wildman–Crippen MR) is 151 cm³/mol. The van der Waals surface area contributed by atoms with Crippen molar-refractivity contribution in [1.29, 1.82) is 0 Å². The Labute approximate surface area is 246 Å². The Hall–Kier alpha value is -2.86. The molecule has 0 radical (unpaired) electrons. The highest BCUT2D eigenvalue weighted by molar-refractivity contribution is 7.52. The predicted octanol–water partition coefficient (Wildman–Crippen LogP) is 3.65. The molecule has 0 aliphatic carbocycles. The van der Waals surface area contributed by atoms with Gasteiger partial charge in [-0.05, 0) is 44.9 Å². The van der Waals surface area contributed by atoms with Crippen LogP contribution in [0, 0.1) is 5.92 Å². The van der Waals surface area contributed by atoms with Crippen molar-refractivity contribution in [2.24, 2.45) is 11.7 Å². The molecule has 6 atom stereocenters. The number of ether oxygens (including phenoxy) is 4. The van der Waals surface area contributed by atoms with Crippen LogP contribution in [0.1, 0.15) is 64.0 Å². The minimum atomic E-state index is -4.14.